The van der Waals surface area contributed by atoms with E-state index in [9.17, 15) is 59.1 Å². The van der Waals surface area contributed by atoms with Crippen LogP contribution in [0.3, 0.4) is 0 Å². The van der Waals surface area contributed by atoms with Crippen molar-refractivity contribution in [3.05, 3.63) is 106 Å². The van der Waals surface area contributed by atoms with Gasteiger partial charge in [0.05, 0.1) is 52.9 Å². The van der Waals surface area contributed by atoms with Crippen LogP contribution in [0.25, 0.3) is 23.5 Å². The summed E-state index contributed by atoms with van der Waals surface area (Å²) >= 11 is 0. The van der Waals surface area contributed by atoms with Crippen molar-refractivity contribution in [2.45, 2.75) is 168 Å². The number of aromatic nitrogens is 4. The van der Waals surface area contributed by atoms with Crippen LogP contribution in [-0.4, -0.2) is 110 Å². The van der Waals surface area contributed by atoms with Crippen LogP contribution < -0.4 is 5.73 Å². The number of carboxylic acids is 3. The molecule has 4 aromatic rings. The summed E-state index contributed by atoms with van der Waals surface area (Å²) in [6.45, 7) is 11.6. The number of ether oxygens (including phenoxy) is 2. The van der Waals surface area contributed by atoms with Crippen molar-refractivity contribution in [1.82, 2.24) is 19.6 Å². The van der Waals surface area contributed by atoms with Gasteiger partial charge in [-0.25, -0.2) is 23.7 Å². The number of carbonyl (C=O) groups excluding carboxylic acids is 4. The number of allylic oxidation sites excluding steroid dienone is 2. The third-order valence-corrected chi connectivity index (χ3v) is 22.3. The SMILES string of the molecule is CCC(=O)O[C@]1(C(=O)O)CC[C@H]2[C@@H]3CCC4=Cc5c(cnn5-c5cccc(C(=O)CCC(N)=O)c5)C[C@]4(C)[C@H]3[C@@H](O)C[C@@]21C.CCC(=O)O[C@]1(C(=O)O)CC[C@H]2[C@@H]3CCC4=Cc5c(cnn5-c5cccc(C(=O)O)c5)C[C@]4(C)[C@H]3[C@@H](O)C[C@@]21C. The maximum atomic E-state index is 12.8. The summed E-state index contributed by atoms with van der Waals surface area (Å²) in [5.74, 6) is -4.87. The minimum absolute atomic E-state index is 0.000109. The van der Waals surface area contributed by atoms with Gasteiger partial charge in [-0.05, 0) is 177 Å². The van der Waals surface area contributed by atoms with E-state index in [-0.39, 0.29) is 109 Å². The van der Waals surface area contributed by atoms with Crippen LogP contribution in [0.4, 0.5) is 0 Å². The number of aliphatic hydroxyl groups excluding tert-OH is 2. The van der Waals surface area contributed by atoms with E-state index >= 15 is 0 Å². The Kier molecular flexibility index (Phi) is 14.7. The molecular formula is C65H77N5O14. The van der Waals surface area contributed by atoms with E-state index in [0.717, 1.165) is 53.9 Å². The van der Waals surface area contributed by atoms with Crippen LogP contribution in [0.15, 0.2) is 72.1 Å². The smallest absolute Gasteiger partial charge is 0.348 e. The number of nitrogens with zero attached hydrogens (tertiary/aromatic N) is 4. The van der Waals surface area contributed by atoms with Crippen molar-refractivity contribution >= 4 is 53.7 Å². The Hall–Kier alpha value is -7.25. The van der Waals surface area contributed by atoms with Crippen LogP contribution in [0.1, 0.15) is 175 Å². The second kappa shape index (κ2) is 21.1. The third-order valence-electron chi connectivity index (χ3n) is 22.3. The summed E-state index contributed by atoms with van der Waals surface area (Å²) in [6.07, 6.45) is 13.7. The number of carboxylic acid groups (broad SMARTS) is 3. The average Bonchev–Trinajstić information content (AvgIpc) is 1.39. The number of primary amides is 1. The van der Waals surface area contributed by atoms with Crippen LogP contribution in [0.2, 0.25) is 0 Å². The van der Waals surface area contributed by atoms with Gasteiger partial charge in [0.15, 0.2) is 5.78 Å². The predicted octanol–water partition coefficient (Wildman–Crippen LogP) is 8.75. The number of benzene rings is 2. The molecule has 0 bridgehead atoms. The number of aliphatic carboxylic acids is 2. The first-order chi connectivity index (χ1) is 39.8. The molecule has 2 aromatic heterocycles. The highest BCUT2D eigenvalue weighted by Gasteiger charge is 2.73. The van der Waals surface area contributed by atoms with Gasteiger partial charge in [-0.3, -0.25) is 19.2 Å². The molecule has 0 spiro atoms. The van der Waals surface area contributed by atoms with Crippen molar-refractivity contribution in [2.24, 2.45) is 62.9 Å². The maximum Gasteiger partial charge on any atom is 0.348 e. The number of amides is 1. The molecule has 0 aliphatic heterocycles. The molecule has 2 heterocycles. The molecule has 1 amide bonds. The summed E-state index contributed by atoms with van der Waals surface area (Å²) < 4.78 is 15.1. The lowest BCUT2D eigenvalue weighted by Crippen LogP contribution is -2.63. The highest BCUT2D eigenvalue weighted by Crippen LogP contribution is 2.70. The summed E-state index contributed by atoms with van der Waals surface area (Å²) in [5, 5.41) is 63.2. The minimum atomic E-state index is -1.63. The number of hydrogen-bond acceptors (Lipinski definition) is 13. The molecule has 446 valence electrons. The zero-order valence-corrected chi connectivity index (χ0v) is 48.6. The van der Waals surface area contributed by atoms with Crippen molar-refractivity contribution in [3.63, 3.8) is 0 Å². The lowest BCUT2D eigenvalue weighted by atomic mass is 9.45. The predicted molar refractivity (Wildman–Crippen MR) is 305 cm³/mol. The number of carbonyl (C=O) groups is 7. The molecule has 8 aliphatic rings. The standard InChI is InChI=1S/C34H41N3O7.C31H36N2O7/c1-4-29(41)44-34(31(42)43)13-12-24-23-9-8-21-15-25-20(16-32(21,2)30(23)27(39)17-33(24,34)3)18-36-37(25)22-7-5-6-19(14-22)26(38)10-11-28(35)40;1-4-25(35)40-31(28(38)39)11-10-22-21-9-8-19-13-23-18(14-29(19,2)26(21)24(34)15-30(22,31)3)16-32-33(23)20-7-5-6-17(12-20)27(36)37/h5-7,14-15,18,23-24,27,30,39H,4,8-13,16-17H2,1-3H3,(H2,35,40)(H,42,43);5-7,12-13,16,21-22,24,26,34H,4,8-11,14-15H2,1-3H3,(H,36,37)(H,38,39)/t23-,24-,27-,30+,32-,33-,34-;21-,22-,24-,26+,29-,30-,31-/m00/s1. The summed E-state index contributed by atoms with van der Waals surface area (Å²) in [7, 11) is 0. The number of ketones is 1. The van der Waals surface area contributed by atoms with Gasteiger partial charge in [0.1, 0.15) is 0 Å². The number of aromatic carboxylic acids is 1. The maximum absolute atomic E-state index is 12.8. The second-order valence-corrected chi connectivity index (χ2v) is 26.3. The highest BCUT2D eigenvalue weighted by molar-refractivity contribution is 5.98. The van der Waals surface area contributed by atoms with E-state index in [2.05, 4.69) is 31.1 Å². The van der Waals surface area contributed by atoms with E-state index in [1.54, 1.807) is 54.9 Å². The lowest BCUT2D eigenvalue weighted by molar-refractivity contribution is -0.210. The molecule has 6 fully saturated rings. The van der Waals surface area contributed by atoms with Crippen LogP contribution in [0.5, 0.6) is 0 Å². The lowest BCUT2D eigenvalue weighted by Gasteiger charge is -2.60. The largest absolute Gasteiger partial charge is 0.478 e. The summed E-state index contributed by atoms with van der Waals surface area (Å²) in [6, 6.07) is 13.9. The molecule has 12 rings (SSSR count). The molecule has 84 heavy (non-hydrogen) atoms. The summed E-state index contributed by atoms with van der Waals surface area (Å²) in [4.78, 5) is 85.6. The fourth-order valence-electron chi connectivity index (χ4n) is 18.4. The van der Waals surface area contributed by atoms with E-state index in [1.807, 2.05) is 43.1 Å². The number of esters is 2. The first-order valence-electron chi connectivity index (χ1n) is 29.9. The Morgan fingerprint density at radius 1 is 0.619 bits per heavy atom. The van der Waals surface area contributed by atoms with Gasteiger partial charge < -0.3 is 40.7 Å². The average molecular weight is 1150 g/mol. The minimum Gasteiger partial charge on any atom is -0.478 e. The highest BCUT2D eigenvalue weighted by atomic mass is 16.6. The Bertz CT molecular complexity index is 3470. The van der Waals surface area contributed by atoms with Crippen molar-refractivity contribution in [3.8, 4) is 11.4 Å². The van der Waals surface area contributed by atoms with Gasteiger partial charge in [0, 0.05) is 42.1 Å². The number of rotatable bonds is 13. The van der Waals surface area contributed by atoms with E-state index in [4.69, 9.17) is 20.3 Å². The van der Waals surface area contributed by atoms with Crippen LogP contribution in [0, 0.1) is 57.2 Å². The summed E-state index contributed by atoms with van der Waals surface area (Å²) in [5.41, 5.74) is 8.13. The number of fused-ring (bicyclic) bond motifs is 12. The zero-order valence-electron chi connectivity index (χ0n) is 48.6. The monoisotopic (exact) mass is 1150 g/mol. The van der Waals surface area contributed by atoms with Crippen molar-refractivity contribution in [2.75, 3.05) is 0 Å². The van der Waals surface area contributed by atoms with E-state index in [0.29, 0.717) is 36.9 Å². The van der Waals surface area contributed by atoms with Crippen molar-refractivity contribution < 1.29 is 68.6 Å². The molecule has 0 radical (unpaired) electrons. The van der Waals surface area contributed by atoms with Gasteiger partial charge in [-0.15, -0.1) is 0 Å². The van der Waals surface area contributed by atoms with Crippen LogP contribution in [-0.2, 0) is 46.3 Å². The van der Waals surface area contributed by atoms with Gasteiger partial charge in [0.2, 0.25) is 17.1 Å². The third kappa shape index (κ3) is 8.90. The second-order valence-electron chi connectivity index (χ2n) is 26.3. The quantitative estimate of drug-likeness (QED) is 0.0538. The number of aliphatic hydroxyl groups is 2. The van der Waals surface area contributed by atoms with Crippen LogP contribution >= 0.6 is 0 Å². The van der Waals surface area contributed by atoms with Gasteiger partial charge in [-0.1, -0.05) is 70.9 Å². The molecule has 8 aliphatic carbocycles. The molecule has 14 atom stereocenters. The fourth-order valence-corrected chi connectivity index (χ4v) is 18.4. The Labute approximate surface area is 487 Å². The molecule has 6 saturated carbocycles. The van der Waals surface area contributed by atoms with E-state index in [1.165, 1.54) is 11.1 Å². The molecule has 0 saturated heterocycles. The topological polar surface area (TPSA) is 301 Å². The molecule has 7 N–H and O–H groups in total. The van der Waals surface area contributed by atoms with Gasteiger partial charge in [-0.2, -0.15) is 10.2 Å². The zero-order chi connectivity index (χ0) is 60.2. The van der Waals surface area contributed by atoms with E-state index < -0.39 is 70.0 Å². The molecule has 19 heteroatoms. The van der Waals surface area contributed by atoms with Crippen molar-refractivity contribution in [1.29, 1.82) is 0 Å². The molecule has 19 nitrogen and oxygen atoms in total. The number of hydrogen-bond donors (Lipinski definition) is 6. The Morgan fingerprint density at radius 2 is 1.05 bits per heavy atom. The first-order valence-corrected chi connectivity index (χ1v) is 29.9. The Balaban J connectivity index is 0.000000176. The molecule has 2 aromatic carbocycles. The molecule has 0 unspecified atom stereocenters. The first kappa shape index (κ1) is 58.5. The fraction of sp³-hybridized carbons (Fsp3) is 0.554. The number of Topliss-reactive ketones (excluding diaryl/α,β-unsaturated/α-hetero) is 1. The number of nitrogens with two attached hydrogens (primary N) is 1. The van der Waals surface area contributed by atoms with Gasteiger partial charge >= 0.3 is 29.8 Å². The normalized spacial score (nSPS) is 34.8. The van der Waals surface area contributed by atoms with Gasteiger partial charge in [0.25, 0.3) is 0 Å². The Morgan fingerprint density at radius 3 is 1.45 bits per heavy atom. The molecular weight excluding hydrogens is 1070 g/mol.